The summed E-state index contributed by atoms with van der Waals surface area (Å²) in [4.78, 5) is 15.3. The molecule has 4 nitrogen and oxygen atoms in total. The lowest BCUT2D eigenvalue weighted by Gasteiger charge is -2.38. The van der Waals surface area contributed by atoms with Gasteiger partial charge in [-0.05, 0) is 49.9 Å². The molecule has 0 bridgehead atoms. The average Bonchev–Trinajstić information content (AvgIpc) is 2.78. The highest BCUT2D eigenvalue weighted by molar-refractivity contribution is 5.85. The summed E-state index contributed by atoms with van der Waals surface area (Å²) in [7, 11) is 0. The summed E-state index contributed by atoms with van der Waals surface area (Å²) in [6, 6.07) is 21.5. The van der Waals surface area contributed by atoms with E-state index in [2.05, 4.69) is 70.9 Å². The Labute approximate surface area is 199 Å². The summed E-state index contributed by atoms with van der Waals surface area (Å²) in [5.41, 5.74) is 8.12. The number of carbonyl (C=O) groups excluding carboxylic acids is 1. The van der Waals surface area contributed by atoms with Crippen molar-refractivity contribution < 1.29 is 4.79 Å². The zero-order valence-electron chi connectivity index (χ0n) is 18.2. The Balaban J connectivity index is 0.00000240. The van der Waals surface area contributed by atoms with E-state index in [-0.39, 0.29) is 42.7 Å². The van der Waals surface area contributed by atoms with Gasteiger partial charge in [-0.2, -0.15) is 0 Å². The lowest BCUT2D eigenvalue weighted by Crippen LogP contribution is -2.44. The summed E-state index contributed by atoms with van der Waals surface area (Å²) in [6.45, 7) is 3.37. The first kappa shape index (κ1) is 27.4. The molecule has 1 saturated heterocycles. The molecule has 1 unspecified atom stereocenters. The number of unbranched alkanes of at least 4 members (excludes halogenated alkanes) is 3. The van der Waals surface area contributed by atoms with Crippen molar-refractivity contribution in [2.24, 2.45) is 11.7 Å². The van der Waals surface area contributed by atoms with Crippen molar-refractivity contribution in [1.82, 2.24) is 10.2 Å². The number of carbonyl (C=O) groups is 1. The Morgan fingerprint density at radius 3 is 2.10 bits per heavy atom. The van der Waals surface area contributed by atoms with Gasteiger partial charge in [-0.15, -0.1) is 24.8 Å². The second kappa shape index (κ2) is 15.3. The largest absolute Gasteiger partial charge is 0.356 e. The number of hydrogen-bond acceptors (Lipinski definition) is 3. The number of rotatable bonds is 10. The van der Waals surface area contributed by atoms with Gasteiger partial charge in [-0.1, -0.05) is 73.5 Å². The van der Waals surface area contributed by atoms with Crippen LogP contribution in [0.15, 0.2) is 60.7 Å². The van der Waals surface area contributed by atoms with Gasteiger partial charge in [0, 0.05) is 13.1 Å². The van der Waals surface area contributed by atoms with Gasteiger partial charge in [-0.3, -0.25) is 9.69 Å². The lowest BCUT2D eigenvalue weighted by molar-refractivity contribution is -0.126. The molecule has 31 heavy (non-hydrogen) atoms. The van der Waals surface area contributed by atoms with Crippen LogP contribution in [-0.2, 0) is 4.79 Å². The fourth-order valence-electron chi connectivity index (χ4n) is 4.32. The van der Waals surface area contributed by atoms with Crippen molar-refractivity contribution in [3.63, 3.8) is 0 Å². The van der Waals surface area contributed by atoms with Gasteiger partial charge in [0.2, 0.25) is 5.91 Å². The molecule has 1 heterocycles. The third kappa shape index (κ3) is 8.46. The molecule has 0 aliphatic carbocycles. The second-order valence-corrected chi connectivity index (χ2v) is 8.05. The zero-order valence-corrected chi connectivity index (χ0v) is 19.9. The predicted octanol–water partition coefficient (Wildman–Crippen LogP) is 4.97. The van der Waals surface area contributed by atoms with Crippen molar-refractivity contribution in [2.75, 3.05) is 26.2 Å². The maximum absolute atomic E-state index is 12.8. The maximum Gasteiger partial charge on any atom is 0.224 e. The van der Waals surface area contributed by atoms with Crippen molar-refractivity contribution >= 4 is 30.7 Å². The molecule has 6 heteroatoms. The molecule has 1 amide bonds. The number of piperidine rings is 1. The topological polar surface area (TPSA) is 58.4 Å². The minimum absolute atomic E-state index is 0. The number of nitrogens with zero attached hydrogens (tertiary/aromatic N) is 1. The normalized spacial score (nSPS) is 16.3. The summed E-state index contributed by atoms with van der Waals surface area (Å²) in [5.74, 6) is 0.288. The summed E-state index contributed by atoms with van der Waals surface area (Å²) in [5, 5.41) is 3.17. The fraction of sp³-hybridized carbons (Fsp3) is 0.480. The van der Waals surface area contributed by atoms with Crippen molar-refractivity contribution in [1.29, 1.82) is 0 Å². The van der Waals surface area contributed by atoms with Gasteiger partial charge < -0.3 is 11.1 Å². The highest BCUT2D eigenvalue weighted by Crippen LogP contribution is 2.32. The van der Waals surface area contributed by atoms with Gasteiger partial charge in [-0.25, -0.2) is 0 Å². The fourth-order valence-corrected chi connectivity index (χ4v) is 4.32. The minimum atomic E-state index is 0. The van der Waals surface area contributed by atoms with Gasteiger partial charge in [0.1, 0.15) is 0 Å². The Bertz CT molecular complexity index is 691. The molecule has 0 spiro atoms. The van der Waals surface area contributed by atoms with Crippen LogP contribution in [-0.4, -0.2) is 37.0 Å². The highest BCUT2D eigenvalue weighted by Gasteiger charge is 2.31. The predicted molar refractivity (Wildman–Crippen MR) is 134 cm³/mol. The van der Waals surface area contributed by atoms with E-state index in [1.807, 2.05) is 0 Å². The van der Waals surface area contributed by atoms with E-state index >= 15 is 0 Å². The van der Waals surface area contributed by atoms with Crippen LogP contribution < -0.4 is 11.1 Å². The number of hydrogen-bond donors (Lipinski definition) is 2. The highest BCUT2D eigenvalue weighted by atomic mass is 35.5. The molecule has 2 aromatic carbocycles. The average molecular weight is 466 g/mol. The van der Waals surface area contributed by atoms with E-state index in [1.54, 1.807) is 0 Å². The molecule has 0 radical (unpaired) electrons. The molecule has 0 saturated carbocycles. The van der Waals surface area contributed by atoms with Gasteiger partial charge >= 0.3 is 0 Å². The number of nitrogens with two attached hydrogens (primary N) is 1. The van der Waals surface area contributed by atoms with E-state index in [0.717, 1.165) is 64.7 Å². The molecule has 172 valence electrons. The van der Waals surface area contributed by atoms with E-state index in [4.69, 9.17) is 5.73 Å². The van der Waals surface area contributed by atoms with E-state index in [1.165, 1.54) is 11.1 Å². The monoisotopic (exact) mass is 465 g/mol. The third-order valence-corrected chi connectivity index (χ3v) is 5.85. The molecule has 1 fully saturated rings. The number of benzene rings is 2. The number of halogens is 2. The van der Waals surface area contributed by atoms with Crippen LogP contribution in [0.2, 0.25) is 0 Å². The Hall–Kier alpha value is -1.59. The molecular weight excluding hydrogens is 429 g/mol. The second-order valence-electron chi connectivity index (χ2n) is 8.05. The standard InChI is InChI=1S/C25H35N3O.2ClH/c26-17-9-1-2-10-18-27-25(29)23-16-11-19-28(20-23)24(21-12-5-3-6-13-21)22-14-7-4-8-15-22;;/h3-8,12-15,23-24H,1-2,9-11,16-20,26H2,(H,27,29);2*1H. The SMILES string of the molecule is Cl.Cl.NCCCCCCNC(=O)C1CCCN(C(c2ccccc2)c2ccccc2)C1. The summed E-state index contributed by atoms with van der Waals surface area (Å²) in [6.07, 6.45) is 6.44. The van der Waals surface area contributed by atoms with Crippen molar-refractivity contribution in [2.45, 2.75) is 44.6 Å². The first-order valence-corrected chi connectivity index (χ1v) is 11.1. The lowest BCUT2D eigenvalue weighted by atomic mass is 9.91. The molecule has 1 aliphatic rings. The molecule has 0 aromatic heterocycles. The summed E-state index contributed by atoms with van der Waals surface area (Å²) < 4.78 is 0. The van der Waals surface area contributed by atoms with Crippen molar-refractivity contribution in [3.05, 3.63) is 71.8 Å². The first-order chi connectivity index (χ1) is 14.3. The first-order valence-electron chi connectivity index (χ1n) is 11.1. The number of nitrogens with one attached hydrogen (secondary N) is 1. The zero-order chi connectivity index (χ0) is 20.3. The van der Waals surface area contributed by atoms with E-state index < -0.39 is 0 Å². The summed E-state index contributed by atoms with van der Waals surface area (Å²) >= 11 is 0. The maximum atomic E-state index is 12.8. The quantitative estimate of drug-likeness (QED) is 0.487. The van der Waals surface area contributed by atoms with Crippen LogP contribution in [0.25, 0.3) is 0 Å². The van der Waals surface area contributed by atoms with Crippen LogP contribution in [0.3, 0.4) is 0 Å². The molecular formula is C25H37Cl2N3O. The van der Waals surface area contributed by atoms with Crippen LogP contribution in [0.4, 0.5) is 0 Å². The number of likely N-dealkylation sites (tertiary alicyclic amines) is 1. The van der Waals surface area contributed by atoms with Crippen LogP contribution in [0.1, 0.15) is 55.7 Å². The Morgan fingerprint density at radius 1 is 0.935 bits per heavy atom. The molecule has 3 rings (SSSR count). The Kier molecular flexibility index (Phi) is 13.5. The smallest absolute Gasteiger partial charge is 0.224 e. The van der Waals surface area contributed by atoms with Gasteiger partial charge in [0.15, 0.2) is 0 Å². The molecule has 3 N–H and O–H groups in total. The Morgan fingerprint density at radius 2 is 1.52 bits per heavy atom. The third-order valence-electron chi connectivity index (χ3n) is 5.85. The van der Waals surface area contributed by atoms with Crippen LogP contribution in [0.5, 0.6) is 0 Å². The van der Waals surface area contributed by atoms with E-state index in [9.17, 15) is 4.79 Å². The van der Waals surface area contributed by atoms with Crippen LogP contribution >= 0.6 is 24.8 Å². The molecule has 1 aliphatic heterocycles. The van der Waals surface area contributed by atoms with Crippen LogP contribution in [0, 0.1) is 5.92 Å². The van der Waals surface area contributed by atoms with E-state index in [0.29, 0.717) is 0 Å². The van der Waals surface area contributed by atoms with Gasteiger partial charge in [0.05, 0.1) is 12.0 Å². The molecule has 1 atom stereocenters. The van der Waals surface area contributed by atoms with Gasteiger partial charge in [0.25, 0.3) is 0 Å². The molecule has 2 aromatic rings. The number of amides is 1. The minimum Gasteiger partial charge on any atom is -0.356 e. The van der Waals surface area contributed by atoms with Crippen molar-refractivity contribution in [3.8, 4) is 0 Å².